The van der Waals surface area contributed by atoms with Crippen molar-refractivity contribution in [2.24, 2.45) is 0 Å². The molecule has 4 aromatic rings. The molecule has 0 saturated carbocycles. The number of hydrogen-bond donors (Lipinski definition) is 3. The van der Waals surface area contributed by atoms with Gasteiger partial charge in [0.2, 0.25) is 5.91 Å². The minimum atomic E-state index is -0.484. The highest BCUT2D eigenvalue weighted by Crippen LogP contribution is 2.38. The van der Waals surface area contributed by atoms with E-state index in [4.69, 9.17) is 4.74 Å². The number of carbonyl (C=O) groups excluding carboxylic acids is 4. The molecule has 1 aliphatic rings. The summed E-state index contributed by atoms with van der Waals surface area (Å²) in [5.41, 5.74) is 4.35. The number of thioether (sulfide) groups is 1. The van der Waals surface area contributed by atoms with E-state index < -0.39 is 17.1 Å². The number of nitrogens with one attached hydrogen (secondary N) is 3. The zero-order chi connectivity index (χ0) is 35.5. The first-order chi connectivity index (χ1) is 24.2. The van der Waals surface area contributed by atoms with Crippen LogP contribution in [0.4, 0.5) is 10.7 Å². The van der Waals surface area contributed by atoms with Gasteiger partial charge in [-0.2, -0.15) is 0 Å². The molecule has 5 rings (SSSR count). The Balaban J connectivity index is 1.32. The monoisotopic (exact) mass is 709 g/mol. The van der Waals surface area contributed by atoms with Crippen LogP contribution in [0.5, 0.6) is 0 Å². The number of esters is 1. The minimum Gasteiger partial charge on any atom is -0.462 e. The second kappa shape index (κ2) is 17.8. The van der Waals surface area contributed by atoms with Crippen LogP contribution in [0.25, 0.3) is 6.08 Å². The van der Waals surface area contributed by atoms with Gasteiger partial charge in [0.15, 0.2) is 0 Å². The highest BCUT2D eigenvalue weighted by molar-refractivity contribution is 8.00. The molecule has 1 heterocycles. The van der Waals surface area contributed by atoms with Gasteiger partial charge in [-0.25, -0.2) is 4.79 Å². The van der Waals surface area contributed by atoms with Gasteiger partial charge in [0.05, 0.1) is 17.4 Å². The highest BCUT2D eigenvalue weighted by atomic mass is 32.2. The molecule has 1 unspecified atom stereocenters. The number of carbonyl (C=O) groups is 4. The number of benzene rings is 3. The van der Waals surface area contributed by atoms with Gasteiger partial charge in [0.25, 0.3) is 11.8 Å². The first-order valence-corrected chi connectivity index (χ1v) is 18.8. The third-order valence-corrected chi connectivity index (χ3v) is 10.9. The molecule has 3 N–H and O–H groups in total. The van der Waals surface area contributed by atoms with Crippen molar-refractivity contribution in [3.8, 4) is 0 Å². The maximum Gasteiger partial charge on any atom is 0.341 e. The van der Waals surface area contributed by atoms with Crippen molar-refractivity contribution < 1.29 is 23.9 Å². The third-order valence-electron chi connectivity index (χ3n) is 8.30. The van der Waals surface area contributed by atoms with E-state index in [2.05, 4.69) is 16.0 Å². The molecular formula is C40H43N3O5S2. The van der Waals surface area contributed by atoms with Crippen molar-refractivity contribution in [1.29, 1.82) is 0 Å². The fraction of sp³-hybridized carbons (Fsp3) is 0.300. The Morgan fingerprint density at radius 1 is 0.880 bits per heavy atom. The lowest BCUT2D eigenvalue weighted by atomic mass is 9.96. The van der Waals surface area contributed by atoms with Crippen LogP contribution in [0.2, 0.25) is 0 Å². The van der Waals surface area contributed by atoms with Crippen molar-refractivity contribution in [2.75, 3.05) is 17.2 Å². The summed E-state index contributed by atoms with van der Waals surface area (Å²) in [5, 5.41) is 8.88. The summed E-state index contributed by atoms with van der Waals surface area (Å²) in [5.74, 6) is -1.47. The summed E-state index contributed by atoms with van der Waals surface area (Å²) in [6.45, 7) is 5.96. The third kappa shape index (κ3) is 9.73. The second-order valence-electron chi connectivity index (χ2n) is 12.1. The highest BCUT2D eigenvalue weighted by Gasteiger charge is 2.28. The van der Waals surface area contributed by atoms with Gasteiger partial charge < -0.3 is 20.7 Å². The molecule has 1 aliphatic carbocycles. The lowest BCUT2D eigenvalue weighted by Gasteiger charge is -2.16. The average molecular weight is 710 g/mol. The summed E-state index contributed by atoms with van der Waals surface area (Å²) < 4.78 is 5.42. The van der Waals surface area contributed by atoms with Gasteiger partial charge in [-0.05, 0) is 93.5 Å². The van der Waals surface area contributed by atoms with E-state index in [-0.39, 0.29) is 24.2 Å². The van der Waals surface area contributed by atoms with E-state index in [0.29, 0.717) is 28.2 Å². The number of rotatable bonds is 12. The fourth-order valence-corrected chi connectivity index (χ4v) is 8.11. The molecule has 1 atom stereocenters. The molecule has 0 radical (unpaired) electrons. The van der Waals surface area contributed by atoms with Crippen LogP contribution < -0.4 is 16.0 Å². The smallest absolute Gasteiger partial charge is 0.341 e. The fourth-order valence-electron chi connectivity index (χ4n) is 5.82. The summed E-state index contributed by atoms with van der Waals surface area (Å²) >= 11 is 2.88. The van der Waals surface area contributed by atoms with Crippen molar-refractivity contribution in [2.45, 2.75) is 75.9 Å². The SMILES string of the molecule is CCOC(=O)c1c(NC(=O)C(CC)Sc2cccc(NC(=O)/C(=C\c3cccc(C)c3)NC(=O)c3ccccc3)c2)sc2c1CCCCCC2. The Morgan fingerprint density at radius 2 is 1.64 bits per heavy atom. The summed E-state index contributed by atoms with van der Waals surface area (Å²) in [7, 11) is 0. The molecule has 0 spiro atoms. The largest absolute Gasteiger partial charge is 0.462 e. The number of hydrogen-bond acceptors (Lipinski definition) is 7. The Hall–Kier alpha value is -4.67. The second-order valence-corrected chi connectivity index (χ2v) is 14.5. The van der Waals surface area contributed by atoms with Gasteiger partial charge in [-0.3, -0.25) is 14.4 Å². The van der Waals surface area contributed by atoms with Gasteiger partial charge >= 0.3 is 5.97 Å². The predicted octanol–water partition coefficient (Wildman–Crippen LogP) is 8.81. The molecular weight excluding hydrogens is 667 g/mol. The van der Waals surface area contributed by atoms with Gasteiger partial charge in [-0.15, -0.1) is 23.1 Å². The van der Waals surface area contributed by atoms with E-state index in [1.165, 1.54) is 23.1 Å². The lowest BCUT2D eigenvalue weighted by Crippen LogP contribution is -2.30. The van der Waals surface area contributed by atoms with Crippen LogP contribution in [0.15, 0.2) is 89.5 Å². The number of amides is 3. The number of fused-ring (bicyclic) bond motifs is 1. The van der Waals surface area contributed by atoms with Gasteiger partial charge in [-0.1, -0.05) is 73.9 Å². The maximum atomic E-state index is 13.7. The molecule has 3 aromatic carbocycles. The first kappa shape index (κ1) is 36.6. The normalized spacial score (nSPS) is 13.6. The zero-order valence-corrected chi connectivity index (χ0v) is 30.3. The molecule has 0 bridgehead atoms. The van der Waals surface area contributed by atoms with Crippen LogP contribution in [-0.4, -0.2) is 35.5 Å². The Kier molecular flexibility index (Phi) is 13.1. The van der Waals surface area contributed by atoms with Gasteiger partial charge in [0.1, 0.15) is 10.7 Å². The van der Waals surface area contributed by atoms with E-state index in [9.17, 15) is 19.2 Å². The number of aryl methyl sites for hydroxylation is 2. The number of anilines is 2. The maximum absolute atomic E-state index is 13.7. The van der Waals surface area contributed by atoms with Crippen molar-refractivity contribution in [1.82, 2.24) is 5.32 Å². The molecule has 10 heteroatoms. The quantitative estimate of drug-likeness (QED) is 0.0770. The lowest BCUT2D eigenvalue weighted by molar-refractivity contribution is -0.116. The number of ether oxygens (including phenoxy) is 1. The van der Waals surface area contributed by atoms with Crippen molar-refractivity contribution >= 4 is 63.6 Å². The molecule has 50 heavy (non-hydrogen) atoms. The molecule has 0 aliphatic heterocycles. The molecule has 1 aromatic heterocycles. The van der Waals surface area contributed by atoms with Crippen LogP contribution in [0, 0.1) is 6.92 Å². The molecule has 3 amide bonds. The van der Waals surface area contributed by atoms with E-state index in [0.717, 1.165) is 65.0 Å². The van der Waals surface area contributed by atoms with Crippen LogP contribution in [0.3, 0.4) is 0 Å². The van der Waals surface area contributed by atoms with Crippen molar-refractivity contribution in [3.05, 3.63) is 117 Å². The molecule has 0 saturated heterocycles. The van der Waals surface area contributed by atoms with Crippen LogP contribution in [0.1, 0.15) is 88.2 Å². The summed E-state index contributed by atoms with van der Waals surface area (Å²) in [4.78, 5) is 55.4. The Labute approximate surface area is 302 Å². The van der Waals surface area contributed by atoms with E-state index >= 15 is 0 Å². The molecule has 0 fully saturated rings. The number of thiophene rings is 1. The minimum absolute atomic E-state index is 0.0933. The van der Waals surface area contributed by atoms with E-state index in [1.54, 1.807) is 43.3 Å². The first-order valence-electron chi connectivity index (χ1n) is 17.1. The van der Waals surface area contributed by atoms with Gasteiger partial charge in [0, 0.05) is 21.0 Å². The molecule has 260 valence electrons. The standard InChI is InChI=1S/C40H43N3O5S2/c1-4-33(38(46)43-39-35(40(47)48-5-2)31-21-11-6-7-12-22-34(31)50-39)49-30-20-14-19-29(25-30)41-37(45)32(24-27-16-13-15-26(3)23-27)42-36(44)28-17-9-8-10-18-28/h8-10,13-20,23-25,33H,4-7,11-12,21-22H2,1-3H3,(H,41,45)(H,42,44)(H,43,46)/b32-24+. The topological polar surface area (TPSA) is 114 Å². The Bertz CT molecular complexity index is 1870. The molecule has 8 nitrogen and oxygen atoms in total. The zero-order valence-electron chi connectivity index (χ0n) is 28.7. The van der Waals surface area contributed by atoms with Crippen LogP contribution >= 0.6 is 23.1 Å². The van der Waals surface area contributed by atoms with E-state index in [1.807, 2.05) is 62.4 Å². The predicted molar refractivity (Wildman–Crippen MR) is 203 cm³/mol. The Morgan fingerprint density at radius 3 is 2.38 bits per heavy atom. The van der Waals surface area contributed by atoms with Crippen LogP contribution in [-0.2, 0) is 27.2 Å². The van der Waals surface area contributed by atoms with Crippen molar-refractivity contribution in [3.63, 3.8) is 0 Å². The summed E-state index contributed by atoms with van der Waals surface area (Å²) in [6.07, 6.45) is 8.24. The summed E-state index contributed by atoms with van der Waals surface area (Å²) in [6, 6.07) is 23.6. The average Bonchev–Trinajstić information content (AvgIpc) is 3.42.